The van der Waals surface area contributed by atoms with E-state index in [2.05, 4.69) is 51.3 Å². The minimum absolute atomic E-state index is 0.0108. The van der Waals surface area contributed by atoms with Gasteiger partial charge in [0.15, 0.2) is 0 Å². The molecule has 6 aromatic carbocycles. The molecule has 6 aromatic rings. The third kappa shape index (κ3) is 25.3. The number of fused-ring (bicyclic) bond motifs is 2. The van der Waals surface area contributed by atoms with E-state index in [1.165, 1.54) is 0 Å². The molecule has 0 aromatic heterocycles. The number of aliphatic imine (C=N–C) groups is 2. The predicted molar refractivity (Wildman–Crippen MR) is 473 cm³/mol. The van der Waals surface area contributed by atoms with Gasteiger partial charge in [-0.2, -0.15) is 0 Å². The van der Waals surface area contributed by atoms with Gasteiger partial charge >= 0.3 is 0 Å². The highest BCUT2D eigenvalue weighted by Crippen LogP contribution is 2.45. The molecule has 0 aliphatic carbocycles. The monoisotopic (exact) mass is 1720 g/mol. The Hall–Kier alpha value is -10.6. The molecule has 2 aliphatic heterocycles. The van der Waals surface area contributed by atoms with Crippen LogP contribution in [0.3, 0.4) is 0 Å². The zero-order valence-corrected chi connectivity index (χ0v) is 75.8. The van der Waals surface area contributed by atoms with Gasteiger partial charge in [-0.05, 0) is 260 Å². The Labute approximate surface area is 719 Å². The molecule has 1 unspecified atom stereocenters. The molecular weight excluding hydrogens is 1590 g/mol. The Morgan fingerprint density at radius 1 is 0.508 bits per heavy atom. The van der Waals surface area contributed by atoms with Crippen LogP contribution in [0.1, 0.15) is 215 Å². The maximum absolute atomic E-state index is 15.8. The fourth-order valence-corrected chi connectivity index (χ4v) is 18.5. The van der Waals surface area contributed by atoms with Crippen molar-refractivity contribution < 1.29 is 69.3 Å². The van der Waals surface area contributed by atoms with E-state index in [0.717, 1.165) is 11.1 Å². The van der Waals surface area contributed by atoms with Crippen LogP contribution in [0.25, 0.3) is 0 Å². The number of guanidine groups is 2. The molecule has 2 aliphatic rings. The van der Waals surface area contributed by atoms with Crippen molar-refractivity contribution in [1.82, 2.24) is 41.3 Å². The lowest BCUT2D eigenvalue weighted by Crippen LogP contribution is -2.62. The van der Waals surface area contributed by atoms with E-state index in [-0.39, 0.29) is 60.9 Å². The minimum atomic E-state index is -4.40. The summed E-state index contributed by atoms with van der Waals surface area (Å²) in [5.74, 6) is -5.73. The van der Waals surface area contributed by atoms with Gasteiger partial charge in [0.2, 0.25) is 53.3 Å². The molecule has 0 bridgehead atoms. The van der Waals surface area contributed by atoms with E-state index < -0.39 is 156 Å². The van der Waals surface area contributed by atoms with Crippen LogP contribution in [0.5, 0.6) is 17.2 Å². The Morgan fingerprint density at radius 2 is 0.902 bits per heavy atom. The van der Waals surface area contributed by atoms with E-state index in [1.54, 1.807) is 100 Å². The normalized spacial score (nSPS) is 16.2. The lowest BCUT2D eigenvalue weighted by atomic mass is 9.77. The molecule has 8 atom stereocenters. The fourth-order valence-electron chi connectivity index (χ4n) is 15.4. The molecule has 664 valence electrons. The number of benzene rings is 6. The molecule has 0 radical (unpaired) electrons. The van der Waals surface area contributed by atoms with E-state index >= 15 is 24.0 Å². The van der Waals surface area contributed by atoms with Gasteiger partial charge in [0.25, 0.3) is 20.0 Å². The highest BCUT2D eigenvalue weighted by atomic mass is 32.2. The lowest BCUT2D eigenvalue weighted by molar-refractivity contribution is -0.140. The van der Waals surface area contributed by atoms with E-state index in [0.29, 0.717) is 105 Å². The number of hydrogen-bond acceptors (Lipinski definition) is 18. The van der Waals surface area contributed by atoms with Crippen molar-refractivity contribution in [2.45, 2.75) is 289 Å². The molecule has 7 amide bonds. The first-order chi connectivity index (χ1) is 57.0. The van der Waals surface area contributed by atoms with Crippen LogP contribution in [0.15, 0.2) is 135 Å². The maximum atomic E-state index is 15.8. The molecular formula is C91H128N14O15S2. The van der Waals surface area contributed by atoms with E-state index in [9.17, 15) is 26.4 Å². The molecule has 8 rings (SSSR count). The Morgan fingerprint density at radius 3 is 1.29 bits per heavy atom. The SMILES string of the molecule is CCC(C)[C@H](N)C(=O)N[C@H](C(=O)N[C@@H](CCCN=C(N)NS(=O)(=O)c1c(C)c(C)c2c(c1C)CCC(C)(C)O2)C(=O)N[C@@H](CCC(=O)NC(c1ccccc1)(c1ccccc1)c1ccccc1)C(=O)N[C@@H](CCCN=C(N)NS(=O)(=O)c1c(C)c(C)c2c(c1C)CCC(C)(C)O2)C(=O)N[C@@H](Cc1ccc(OC(C)(C)C)cc1)C(N)=O)[C@@H](C)OC(C)(C)C. The van der Waals surface area contributed by atoms with Gasteiger partial charge in [-0.1, -0.05) is 123 Å². The van der Waals surface area contributed by atoms with E-state index in [4.69, 9.17) is 41.9 Å². The second kappa shape index (κ2) is 40.6. The number of amides is 7. The van der Waals surface area contributed by atoms with Gasteiger partial charge in [0.1, 0.15) is 69.8 Å². The number of carbonyl (C=O) groups excluding carboxylic acids is 7. The van der Waals surface area contributed by atoms with Crippen LogP contribution in [0.4, 0.5) is 0 Å². The number of nitrogens with zero attached hydrogens (tertiary/aromatic N) is 2. The molecule has 0 saturated carbocycles. The van der Waals surface area contributed by atoms with Gasteiger partial charge in [-0.25, -0.2) is 26.3 Å². The molecule has 16 N–H and O–H groups in total. The Kier molecular flexibility index (Phi) is 32.2. The van der Waals surface area contributed by atoms with Crippen LogP contribution in [0, 0.1) is 47.5 Å². The summed E-state index contributed by atoms with van der Waals surface area (Å²) in [6.07, 6.45) is -0.112. The van der Waals surface area contributed by atoms with Crippen molar-refractivity contribution in [3.8, 4) is 17.2 Å². The Balaban J connectivity index is 1.19. The summed E-state index contributed by atoms with van der Waals surface area (Å²) in [6.45, 7) is 33.9. The van der Waals surface area contributed by atoms with Gasteiger partial charge in [-0.3, -0.25) is 43.5 Å². The third-order valence-electron chi connectivity index (χ3n) is 22.3. The Bertz CT molecular complexity index is 4960. The lowest BCUT2D eigenvalue weighted by Gasteiger charge is -2.37. The zero-order valence-electron chi connectivity index (χ0n) is 74.1. The van der Waals surface area contributed by atoms with Crippen molar-refractivity contribution in [1.29, 1.82) is 0 Å². The van der Waals surface area contributed by atoms with Crippen molar-refractivity contribution in [3.63, 3.8) is 0 Å². The molecule has 0 fully saturated rings. The van der Waals surface area contributed by atoms with E-state index in [1.807, 2.05) is 146 Å². The number of carbonyl (C=O) groups is 7. The summed E-state index contributed by atoms with van der Waals surface area (Å²) >= 11 is 0. The molecule has 0 spiro atoms. The maximum Gasteiger partial charge on any atom is 0.264 e. The van der Waals surface area contributed by atoms with Crippen molar-refractivity contribution in [2.24, 2.45) is 38.8 Å². The van der Waals surface area contributed by atoms with Crippen LogP contribution >= 0.6 is 0 Å². The quantitative estimate of drug-likeness (QED) is 0.00748. The molecule has 31 heteroatoms. The molecule has 2 heterocycles. The first-order valence-electron chi connectivity index (χ1n) is 41.8. The van der Waals surface area contributed by atoms with Crippen LogP contribution in [-0.4, -0.2) is 148 Å². The average molecular weight is 1720 g/mol. The highest BCUT2D eigenvalue weighted by molar-refractivity contribution is 7.90. The number of rotatable bonds is 37. The number of ether oxygens (including phenoxy) is 4. The number of nitrogens with one attached hydrogen (secondary N) is 8. The van der Waals surface area contributed by atoms with Crippen molar-refractivity contribution in [2.75, 3.05) is 13.1 Å². The summed E-state index contributed by atoms with van der Waals surface area (Å²) < 4.78 is 87.5. The summed E-state index contributed by atoms with van der Waals surface area (Å²) in [7, 11) is -8.78. The van der Waals surface area contributed by atoms with Crippen molar-refractivity contribution in [3.05, 3.63) is 182 Å². The van der Waals surface area contributed by atoms with Crippen LogP contribution < -0.4 is 78.5 Å². The molecule has 0 saturated heterocycles. The van der Waals surface area contributed by atoms with Gasteiger partial charge in [-0.15, -0.1) is 0 Å². The second-order valence-corrected chi connectivity index (χ2v) is 38.5. The highest BCUT2D eigenvalue weighted by Gasteiger charge is 2.42. The summed E-state index contributed by atoms with van der Waals surface area (Å²) in [6, 6.07) is 25.5. The molecule has 122 heavy (non-hydrogen) atoms. The first kappa shape index (κ1) is 96.8. The summed E-state index contributed by atoms with van der Waals surface area (Å²) in [5.41, 5.74) is 28.9. The van der Waals surface area contributed by atoms with Crippen LogP contribution in [-0.2, 0) is 83.1 Å². The number of hydrogen-bond donors (Lipinski definition) is 12. The van der Waals surface area contributed by atoms with Gasteiger partial charge in [0, 0.05) is 25.9 Å². The minimum Gasteiger partial charge on any atom is -0.488 e. The van der Waals surface area contributed by atoms with Crippen molar-refractivity contribution >= 4 is 73.3 Å². The van der Waals surface area contributed by atoms with Crippen LogP contribution in [0.2, 0.25) is 0 Å². The molecule has 29 nitrogen and oxygen atoms in total. The third-order valence-corrected chi connectivity index (χ3v) is 25.6. The standard InChI is InChI=1S/C91H128N14O15S2/c1-20-53(2)73(92)83(111)102-74(60(9)117-87(10,11)12)84(112)100-69(39-31-51-97-86(95)105-122(115,116)78-57(6)55(4)76-67(59(78)8)47-49-90(18,19)120-76)80(108)99-70(44-45-72(106)103-91(62-32-24-21-25-33-62,63-34-26-22-27-35-63)64-36-28-23-29-37-64)82(110)98-68(81(109)101-71(79(93)107)52-61-40-42-65(43-41-61)118-88(13,14)15)38-30-50-96-85(94)104-121(113,114)77-56(5)54(3)75-66(58(77)7)46-48-89(16,17)119-75/h21-29,32-37,40-43,53,60,68-71,73-74H,20,30-31,38-39,44-52,92H2,1-19H3,(H2,93,107)(H,98,110)(H,99,108)(H,100,112)(H,101,109)(H,102,111)(H,103,106)(H3,94,96,104)(H3,95,97,105)/t53?,60-,68+,69+,70+,71+,73+,74+/m1/s1. The number of nitrogens with two attached hydrogens (primary N) is 4. The predicted octanol–water partition coefficient (Wildman–Crippen LogP) is 8.99. The smallest absolute Gasteiger partial charge is 0.264 e. The second-order valence-electron chi connectivity index (χ2n) is 35.3. The first-order valence-corrected chi connectivity index (χ1v) is 44.7. The number of sulfonamides is 2. The zero-order chi connectivity index (χ0) is 90.4. The summed E-state index contributed by atoms with van der Waals surface area (Å²) in [4.78, 5) is 114. The number of primary amides is 1. The largest absolute Gasteiger partial charge is 0.488 e. The van der Waals surface area contributed by atoms with Gasteiger partial charge < -0.3 is 73.8 Å². The summed E-state index contributed by atoms with van der Waals surface area (Å²) in [5, 5.41) is 17.1. The topological polar surface area (TPSA) is 450 Å². The average Bonchev–Trinajstić information content (AvgIpc) is 0.744. The fraction of sp³-hybridized carbons (Fsp3) is 0.505. The van der Waals surface area contributed by atoms with Gasteiger partial charge in [0.05, 0.1) is 27.5 Å².